The first-order valence-electron chi connectivity index (χ1n) is 14.0. The molecule has 8 heteroatoms. The fraction of sp³-hybridized carbons (Fsp3) is 0.621. The quantitative estimate of drug-likeness (QED) is 0.610. The number of amides is 3. The van der Waals surface area contributed by atoms with E-state index in [1.807, 2.05) is 0 Å². The number of benzene rings is 1. The van der Waals surface area contributed by atoms with Crippen molar-refractivity contribution in [2.24, 2.45) is 5.92 Å². The van der Waals surface area contributed by atoms with Crippen molar-refractivity contribution in [1.82, 2.24) is 14.7 Å². The number of Topliss-reactive ketones (excluding diaryl/α,β-unsaturated/α-hetero) is 1. The minimum absolute atomic E-state index is 0.0564. The van der Waals surface area contributed by atoms with Crippen molar-refractivity contribution in [3.63, 3.8) is 0 Å². The number of hydrogen-bond acceptors (Lipinski definition) is 5. The molecule has 4 fully saturated rings. The first-order chi connectivity index (χ1) is 18.0. The molecule has 3 amide bonds. The molecule has 0 N–H and O–H groups in total. The molecule has 4 aliphatic rings. The molecule has 1 aromatic rings. The zero-order chi connectivity index (χ0) is 25.9. The van der Waals surface area contributed by atoms with Crippen LogP contribution in [0.15, 0.2) is 24.3 Å². The first kappa shape index (κ1) is 25.4. The number of nitriles is 1. The Kier molecular flexibility index (Phi) is 7.59. The molecule has 8 nitrogen and oxygen atoms in total. The maximum Gasteiger partial charge on any atom is 0.254 e. The molecule has 0 radical (unpaired) electrons. The van der Waals surface area contributed by atoms with E-state index < -0.39 is 12.1 Å². The van der Waals surface area contributed by atoms with E-state index in [2.05, 4.69) is 6.07 Å². The highest BCUT2D eigenvalue weighted by atomic mass is 16.2. The fourth-order valence-electron chi connectivity index (χ4n) is 6.70. The van der Waals surface area contributed by atoms with E-state index in [9.17, 15) is 24.4 Å². The number of ketones is 1. The number of carbonyl (C=O) groups excluding carboxylic acids is 4. The van der Waals surface area contributed by atoms with Crippen LogP contribution in [-0.2, 0) is 9.59 Å². The van der Waals surface area contributed by atoms with Crippen molar-refractivity contribution in [2.75, 3.05) is 19.6 Å². The van der Waals surface area contributed by atoms with E-state index in [0.29, 0.717) is 50.0 Å². The lowest BCUT2D eigenvalue weighted by atomic mass is 9.83. The van der Waals surface area contributed by atoms with Crippen LogP contribution in [-0.4, -0.2) is 76.0 Å². The van der Waals surface area contributed by atoms with Crippen LogP contribution in [0, 0.1) is 17.2 Å². The molecule has 3 aliphatic heterocycles. The Balaban J connectivity index is 1.30. The van der Waals surface area contributed by atoms with Crippen molar-refractivity contribution in [3.05, 3.63) is 35.4 Å². The number of rotatable bonds is 5. The summed E-state index contributed by atoms with van der Waals surface area (Å²) in [4.78, 5) is 58.4. The molecular weight excluding hydrogens is 468 g/mol. The van der Waals surface area contributed by atoms with Gasteiger partial charge in [-0.3, -0.25) is 19.2 Å². The highest BCUT2D eigenvalue weighted by Gasteiger charge is 2.41. The summed E-state index contributed by atoms with van der Waals surface area (Å²) in [5.74, 6) is -0.364. The second kappa shape index (κ2) is 11.0. The Morgan fingerprint density at radius 3 is 1.92 bits per heavy atom. The van der Waals surface area contributed by atoms with Gasteiger partial charge in [0, 0.05) is 36.7 Å². The van der Waals surface area contributed by atoms with Gasteiger partial charge in [0.25, 0.3) is 11.8 Å². The highest BCUT2D eigenvalue weighted by Crippen LogP contribution is 2.31. The largest absolute Gasteiger partial charge is 0.329 e. The van der Waals surface area contributed by atoms with Gasteiger partial charge in [0.1, 0.15) is 12.1 Å². The van der Waals surface area contributed by atoms with Crippen molar-refractivity contribution < 1.29 is 19.2 Å². The molecule has 3 saturated heterocycles. The first-order valence-corrected chi connectivity index (χ1v) is 14.0. The summed E-state index contributed by atoms with van der Waals surface area (Å²) >= 11 is 0. The smallest absolute Gasteiger partial charge is 0.254 e. The molecule has 0 aromatic heterocycles. The monoisotopic (exact) mass is 504 g/mol. The van der Waals surface area contributed by atoms with Gasteiger partial charge >= 0.3 is 0 Å². The van der Waals surface area contributed by atoms with Gasteiger partial charge < -0.3 is 14.7 Å². The van der Waals surface area contributed by atoms with E-state index in [1.54, 1.807) is 39.0 Å². The third-order valence-electron chi connectivity index (χ3n) is 8.69. The van der Waals surface area contributed by atoms with E-state index in [4.69, 9.17) is 0 Å². The summed E-state index contributed by atoms with van der Waals surface area (Å²) in [7, 11) is 0. The van der Waals surface area contributed by atoms with Gasteiger partial charge in [0.15, 0.2) is 5.78 Å². The van der Waals surface area contributed by atoms with Crippen LogP contribution in [0.1, 0.15) is 91.3 Å². The number of likely N-dealkylation sites (tertiary alicyclic amines) is 3. The SMILES string of the molecule is N#C[C@@H]1CCCN1C(=O)[C@@H]1CCCN1C(=O)c1cccc(C(=O)N2CCC[C@H]2C(=O)C2CCCCC2)c1. The van der Waals surface area contributed by atoms with Crippen molar-refractivity contribution in [3.8, 4) is 6.07 Å². The molecule has 0 bridgehead atoms. The standard InChI is InChI=1S/C29H36N4O4/c30-19-23-12-5-15-31(23)29(37)25-14-7-17-33(25)28(36)22-11-4-10-21(18-22)27(35)32-16-6-13-24(32)26(34)20-8-2-1-3-9-20/h4,10-11,18,20,23-25H,1-3,5-9,12-17H2/t23-,24-,25-/m0/s1. The van der Waals surface area contributed by atoms with Crippen LogP contribution in [0.3, 0.4) is 0 Å². The Morgan fingerprint density at radius 2 is 1.27 bits per heavy atom. The van der Waals surface area contributed by atoms with Crippen molar-refractivity contribution in [1.29, 1.82) is 5.26 Å². The summed E-state index contributed by atoms with van der Waals surface area (Å²) in [6, 6.07) is 7.54. The van der Waals surface area contributed by atoms with Gasteiger partial charge in [-0.25, -0.2) is 0 Å². The van der Waals surface area contributed by atoms with E-state index in [1.165, 1.54) is 6.42 Å². The van der Waals surface area contributed by atoms with Gasteiger partial charge in [0.2, 0.25) is 5.91 Å². The molecule has 0 unspecified atom stereocenters. The third-order valence-corrected chi connectivity index (χ3v) is 8.69. The average Bonchev–Trinajstić information content (AvgIpc) is 3.72. The normalized spacial score (nSPS) is 26.4. The Hall–Kier alpha value is -3.21. The third kappa shape index (κ3) is 5.01. The van der Waals surface area contributed by atoms with E-state index >= 15 is 0 Å². The molecule has 37 heavy (non-hydrogen) atoms. The molecule has 3 atom stereocenters. The Morgan fingerprint density at radius 1 is 0.703 bits per heavy atom. The number of nitrogens with zero attached hydrogens (tertiary/aromatic N) is 4. The highest BCUT2D eigenvalue weighted by molar-refractivity contribution is 6.03. The van der Waals surface area contributed by atoms with E-state index in [-0.39, 0.29) is 35.5 Å². The zero-order valence-electron chi connectivity index (χ0n) is 21.4. The number of carbonyl (C=O) groups is 4. The van der Waals surface area contributed by atoms with E-state index in [0.717, 1.165) is 44.9 Å². The van der Waals surface area contributed by atoms with Crippen LogP contribution in [0.5, 0.6) is 0 Å². The molecule has 3 heterocycles. The molecule has 196 valence electrons. The molecule has 1 aromatic carbocycles. The molecule has 1 saturated carbocycles. The summed E-state index contributed by atoms with van der Waals surface area (Å²) in [6.07, 6.45) is 9.48. The Labute approximate surface area is 218 Å². The van der Waals surface area contributed by atoms with Crippen LogP contribution in [0.2, 0.25) is 0 Å². The lowest BCUT2D eigenvalue weighted by molar-refractivity contribution is -0.135. The van der Waals surface area contributed by atoms with Gasteiger partial charge in [-0.15, -0.1) is 0 Å². The lowest BCUT2D eigenvalue weighted by Crippen LogP contribution is -2.49. The second-order valence-electron chi connectivity index (χ2n) is 11.0. The zero-order valence-corrected chi connectivity index (χ0v) is 21.4. The minimum Gasteiger partial charge on any atom is -0.329 e. The molecule has 0 spiro atoms. The van der Waals surface area contributed by atoms with Gasteiger partial charge in [-0.2, -0.15) is 5.26 Å². The van der Waals surface area contributed by atoms with Gasteiger partial charge in [-0.1, -0.05) is 25.3 Å². The van der Waals surface area contributed by atoms with Crippen LogP contribution < -0.4 is 0 Å². The molecule has 5 rings (SSSR count). The maximum absolute atomic E-state index is 13.5. The summed E-state index contributed by atoms with van der Waals surface area (Å²) in [5.41, 5.74) is 0.776. The molecule has 1 aliphatic carbocycles. The Bertz CT molecular complexity index is 1110. The van der Waals surface area contributed by atoms with Crippen LogP contribution >= 0.6 is 0 Å². The molecular formula is C29H36N4O4. The summed E-state index contributed by atoms with van der Waals surface area (Å²) in [5, 5.41) is 9.40. The van der Waals surface area contributed by atoms with Crippen molar-refractivity contribution in [2.45, 2.75) is 88.8 Å². The minimum atomic E-state index is -0.572. The predicted octanol–water partition coefficient (Wildman–Crippen LogP) is 3.56. The second-order valence-corrected chi connectivity index (χ2v) is 11.0. The van der Waals surface area contributed by atoms with Gasteiger partial charge in [-0.05, 0) is 69.6 Å². The number of hydrogen-bond donors (Lipinski definition) is 0. The van der Waals surface area contributed by atoms with Crippen LogP contribution in [0.25, 0.3) is 0 Å². The average molecular weight is 505 g/mol. The van der Waals surface area contributed by atoms with Gasteiger partial charge in [0.05, 0.1) is 12.1 Å². The topological polar surface area (TPSA) is 102 Å². The fourth-order valence-corrected chi connectivity index (χ4v) is 6.70. The lowest BCUT2D eigenvalue weighted by Gasteiger charge is -2.30. The van der Waals surface area contributed by atoms with Crippen LogP contribution in [0.4, 0.5) is 0 Å². The summed E-state index contributed by atoms with van der Waals surface area (Å²) in [6.45, 7) is 1.58. The predicted molar refractivity (Wildman–Crippen MR) is 136 cm³/mol. The van der Waals surface area contributed by atoms with Crippen molar-refractivity contribution >= 4 is 23.5 Å². The summed E-state index contributed by atoms with van der Waals surface area (Å²) < 4.78 is 0. The maximum atomic E-state index is 13.5.